The molecule has 0 aliphatic carbocycles. The fourth-order valence-corrected chi connectivity index (χ4v) is 3.98. The average Bonchev–Trinajstić information content (AvgIpc) is 3.09. The van der Waals surface area contributed by atoms with Crippen LogP contribution in [-0.2, 0) is 23.6 Å². The zero-order valence-corrected chi connectivity index (χ0v) is 13.3. The maximum Gasteiger partial charge on any atom is 0.243 e. The van der Waals surface area contributed by atoms with E-state index in [1.54, 1.807) is 7.05 Å². The van der Waals surface area contributed by atoms with Crippen molar-refractivity contribution in [2.24, 2.45) is 7.05 Å². The van der Waals surface area contributed by atoms with E-state index in [1.165, 1.54) is 22.6 Å². The lowest BCUT2D eigenvalue weighted by Crippen LogP contribution is -2.36. The van der Waals surface area contributed by atoms with Crippen LogP contribution in [0.25, 0.3) is 0 Å². The monoisotopic (exact) mass is 320 g/mol. The van der Waals surface area contributed by atoms with Crippen LogP contribution in [0.1, 0.15) is 12.0 Å². The van der Waals surface area contributed by atoms with Gasteiger partial charge in [0.25, 0.3) is 0 Å². The summed E-state index contributed by atoms with van der Waals surface area (Å²) in [7, 11) is -1.77. The van der Waals surface area contributed by atoms with Crippen LogP contribution < -0.4 is 4.72 Å². The van der Waals surface area contributed by atoms with Crippen LogP contribution in [0.5, 0.6) is 0 Å². The summed E-state index contributed by atoms with van der Waals surface area (Å²) in [5.74, 6) is 0. The van der Waals surface area contributed by atoms with Gasteiger partial charge in [0, 0.05) is 38.9 Å². The summed E-state index contributed by atoms with van der Waals surface area (Å²) >= 11 is 0. The number of hydrogen-bond acceptors (Lipinski definition) is 4. The van der Waals surface area contributed by atoms with E-state index in [2.05, 4.69) is 26.9 Å². The quantitative estimate of drug-likeness (QED) is 0.891. The minimum atomic E-state index is -3.48. The van der Waals surface area contributed by atoms with Gasteiger partial charge >= 0.3 is 0 Å². The summed E-state index contributed by atoms with van der Waals surface area (Å²) in [5, 5.41) is 3.92. The second kappa shape index (κ2) is 6.20. The Morgan fingerprint density at radius 1 is 1.32 bits per heavy atom. The highest BCUT2D eigenvalue weighted by molar-refractivity contribution is 7.89. The maximum absolute atomic E-state index is 12.3. The molecule has 1 fully saturated rings. The van der Waals surface area contributed by atoms with Crippen molar-refractivity contribution in [2.45, 2.75) is 23.9 Å². The molecule has 0 bridgehead atoms. The third-order valence-corrected chi connectivity index (χ3v) is 5.31. The van der Waals surface area contributed by atoms with Crippen molar-refractivity contribution in [3.63, 3.8) is 0 Å². The number of benzene rings is 1. The third-order valence-electron chi connectivity index (χ3n) is 3.83. The molecule has 1 aromatic carbocycles. The molecule has 1 atom stereocenters. The Morgan fingerprint density at radius 3 is 2.77 bits per heavy atom. The lowest BCUT2D eigenvalue weighted by molar-refractivity contribution is 0.324. The van der Waals surface area contributed by atoms with Crippen molar-refractivity contribution in [1.82, 2.24) is 19.4 Å². The number of aromatic nitrogens is 2. The van der Waals surface area contributed by atoms with Crippen LogP contribution in [0.15, 0.2) is 47.6 Å². The maximum atomic E-state index is 12.3. The molecule has 0 saturated carbocycles. The van der Waals surface area contributed by atoms with Crippen LogP contribution in [0.2, 0.25) is 0 Å². The van der Waals surface area contributed by atoms with Crippen molar-refractivity contribution in [2.75, 3.05) is 13.1 Å². The van der Waals surface area contributed by atoms with Crippen LogP contribution in [0.3, 0.4) is 0 Å². The minimum absolute atomic E-state index is 0.0473. The topological polar surface area (TPSA) is 67.2 Å². The van der Waals surface area contributed by atoms with Gasteiger partial charge in [-0.2, -0.15) is 5.10 Å². The molecule has 1 saturated heterocycles. The Bertz CT molecular complexity index is 727. The fourth-order valence-electron chi connectivity index (χ4n) is 2.74. The molecule has 1 aliphatic rings. The molecular formula is C15H20N4O2S. The zero-order valence-electron chi connectivity index (χ0n) is 12.5. The molecule has 2 aromatic rings. The molecule has 0 spiro atoms. The number of likely N-dealkylation sites (tertiary alicyclic amines) is 1. The van der Waals surface area contributed by atoms with E-state index < -0.39 is 10.0 Å². The van der Waals surface area contributed by atoms with Gasteiger partial charge in [0.05, 0.1) is 6.20 Å². The Kier molecular flexibility index (Phi) is 4.28. The van der Waals surface area contributed by atoms with Gasteiger partial charge in [-0.1, -0.05) is 30.3 Å². The molecular weight excluding hydrogens is 300 g/mol. The van der Waals surface area contributed by atoms with Crippen molar-refractivity contribution in [3.05, 3.63) is 48.3 Å². The predicted octanol–water partition coefficient (Wildman–Crippen LogP) is 0.973. The Morgan fingerprint density at radius 2 is 2.09 bits per heavy atom. The Labute approximate surface area is 130 Å². The van der Waals surface area contributed by atoms with Gasteiger partial charge in [-0.3, -0.25) is 9.58 Å². The van der Waals surface area contributed by atoms with Gasteiger partial charge in [0.2, 0.25) is 10.0 Å². The number of nitrogens with one attached hydrogen (secondary N) is 1. The minimum Gasteiger partial charge on any atom is -0.297 e. The SMILES string of the molecule is Cn1cc(S(=O)(=O)NC2CCN(Cc3ccccc3)C2)cn1. The van der Waals surface area contributed by atoms with E-state index in [4.69, 9.17) is 0 Å². The first-order valence-electron chi connectivity index (χ1n) is 7.30. The number of sulfonamides is 1. The average molecular weight is 320 g/mol. The van der Waals surface area contributed by atoms with E-state index >= 15 is 0 Å². The third kappa shape index (κ3) is 3.55. The number of nitrogens with zero attached hydrogens (tertiary/aromatic N) is 3. The van der Waals surface area contributed by atoms with E-state index in [9.17, 15) is 8.42 Å². The summed E-state index contributed by atoms with van der Waals surface area (Å²) in [6, 6.07) is 10.2. The van der Waals surface area contributed by atoms with Crippen LogP contribution in [0, 0.1) is 0 Å². The molecule has 1 aliphatic heterocycles. The van der Waals surface area contributed by atoms with Crippen molar-refractivity contribution >= 4 is 10.0 Å². The summed E-state index contributed by atoms with van der Waals surface area (Å²) in [4.78, 5) is 2.49. The normalized spacial score (nSPS) is 19.6. The summed E-state index contributed by atoms with van der Waals surface area (Å²) in [5.41, 5.74) is 1.25. The smallest absolute Gasteiger partial charge is 0.243 e. The van der Waals surface area contributed by atoms with Crippen molar-refractivity contribution in [1.29, 1.82) is 0 Å². The van der Waals surface area contributed by atoms with E-state index in [0.717, 1.165) is 26.1 Å². The molecule has 1 N–H and O–H groups in total. The molecule has 118 valence electrons. The summed E-state index contributed by atoms with van der Waals surface area (Å²) < 4.78 is 28.8. The van der Waals surface area contributed by atoms with Gasteiger partial charge in [-0.25, -0.2) is 13.1 Å². The van der Waals surface area contributed by atoms with Crippen molar-refractivity contribution < 1.29 is 8.42 Å². The number of rotatable bonds is 5. The van der Waals surface area contributed by atoms with Gasteiger partial charge in [-0.15, -0.1) is 0 Å². The first-order valence-corrected chi connectivity index (χ1v) is 8.78. The standard InChI is InChI=1S/C15H20N4O2S/c1-18-12-15(9-16-18)22(20,21)17-14-7-8-19(11-14)10-13-5-3-2-4-6-13/h2-6,9,12,14,17H,7-8,10-11H2,1H3. The van der Waals surface area contributed by atoms with Gasteiger partial charge < -0.3 is 0 Å². The second-order valence-electron chi connectivity index (χ2n) is 5.68. The molecule has 2 heterocycles. The van der Waals surface area contributed by atoms with Crippen LogP contribution in [-0.4, -0.2) is 42.2 Å². The lowest BCUT2D eigenvalue weighted by atomic mass is 10.2. The van der Waals surface area contributed by atoms with E-state index in [-0.39, 0.29) is 10.9 Å². The Hall–Kier alpha value is -1.70. The Balaban J connectivity index is 1.59. The molecule has 7 heteroatoms. The zero-order chi connectivity index (χ0) is 15.6. The highest BCUT2D eigenvalue weighted by Crippen LogP contribution is 2.16. The molecule has 0 radical (unpaired) electrons. The number of aryl methyl sites for hydroxylation is 1. The predicted molar refractivity (Wildman–Crippen MR) is 83.7 cm³/mol. The first-order chi connectivity index (χ1) is 10.5. The molecule has 1 aromatic heterocycles. The lowest BCUT2D eigenvalue weighted by Gasteiger charge is -2.16. The van der Waals surface area contributed by atoms with Gasteiger partial charge in [-0.05, 0) is 12.0 Å². The summed E-state index contributed by atoms with van der Waals surface area (Å²) in [6.45, 7) is 2.48. The van der Waals surface area contributed by atoms with Crippen LogP contribution >= 0.6 is 0 Å². The van der Waals surface area contributed by atoms with E-state index in [0.29, 0.717) is 0 Å². The largest absolute Gasteiger partial charge is 0.297 e. The van der Waals surface area contributed by atoms with Crippen molar-refractivity contribution in [3.8, 4) is 0 Å². The fraction of sp³-hybridized carbons (Fsp3) is 0.400. The molecule has 22 heavy (non-hydrogen) atoms. The molecule has 1 unspecified atom stereocenters. The second-order valence-corrected chi connectivity index (χ2v) is 7.39. The van der Waals surface area contributed by atoms with Gasteiger partial charge in [0.15, 0.2) is 0 Å². The highest BCUT2D eigenvalue weighted by atomic mass is 32.2. The molecule has 6 nitrogen and oxygen atoms in total. The highest BCUT2D eigenvalue weighted by Gasteiger charge is 2.27. The summed E-state index contributed by atoms with van der Waals surface area (Å²) in [6.07, 6.45) is 3.71. The van der Waals surface area contributed by atoms with Crippen LogP contribution in [0.4, 0.5) is 0 Å². The number of hydrogen-bond donors (Lipinski definition) is 1. The molecule has 3 rings (SSSR count). The van der Waals surface area contributed by atoms with Gasteiger partial charge in [0.1, 0.15) is 4.90 Å². The van der Waals surface area contributed by atoms with E-state index in [1.807, 2.05) is 18.2 Å². The molecule has 0 amide bonds. The first kappa shape index (κ1) is 15.2.